The highest BCUT2D eigenvalue weighted by atomic mass is 15.3. The van der Waals surface area contributed by atoms with Crippen molar-refractivity contribution in [3.63, 3.8) is 0 Å². The van der Waals surface area contributed by atoms with Crippen LogP contribution < -0.4 is 5.32 Å². The van der Waals surface area contributed by atoms with Crippen LogP contribution in [-0.4, -0.2) is 86.2 Å². The van der Waals surface area contributed by atoms with Gasteiger partial charge in [0, 0.05) is 64.4 Å². The van der Waals surface area contributed by atoms with Gasteiger partial charge in [-0.2, -0.15) is 0 Å². The second-order valence-corrected chi connectivity index (χ2v) is 6.37. The molecule has 0 atom stereocenters. The molecule has 0 radical (unpaired) electrons. The second-order valence-electron chi connectivity index (χ2n) is 6.37. The molecule has 0 aromatic heterocycles. The molecule has 0 aromatic carbocycles. The first kappa shape index (κ1) is 16.9. The third-order valence-corrected chi connectivity index (χ3v) is 4.10. The molecule has 1 saturated heterocycles. The SMILES string of the molecule is CC(C)NCCN1CCN(CCN(C)C(C)C)CC1. The molecule has 0 unspecified atom stereocenters. The van der Waals surface area contributed by atoms with Crippen molar-refractivity contribution < 1.29 is 0 Å². The van der Waals surface area contributed by atoms with Crippen molar-refractivity contribution in [3.05, 3.63) is 0 Å². The molecule has 19 heavy (non-hydrogen) atoms. The maximum atomic E-state index is 3.49. The van der Waals surface area contributed by atoms with Crippen LogP contribution in [-0.2, 0) is 0 Å². The Bertz CT molecular complexity index is 222. The highest BCUT2D eigenvalue weighted by Crippen LogP contribution is 2.02. The Hall–Kier alpha value is -0.160. The van der Waals surface area contributed by atoms with Gasteiger partial charge < -0.3 is 10.2 Å². The van der Waals surface area contributed by atoms with Crippen molar-refractivity contribution in [2.75, 3.05) is 59.4 Å². The summed E-state index contributed by atoms with van der Waals surface area (Å²) >= 11 is 0. The summed E-state index contributed by atoms with van der Waals surface area (Å²) in [7, 11) is 2.22. The summed E-state index contributed by atoms with van der Waals surface area (Å²) in [6, 6.07) is 1.26. The average molecular weight is 270 g/mol. The maximum Gasteiger partial charge on any atom is 0.0110 e. The van der Waals surface area contributed by atoms with E-state index in [0.29, 0.717) is 12.1 Å². The van der Waals surface area contributed by atoms with Gasteiger partial charge in [0.2, 0.25) is 0 Å². The van der Waals surface area contributed by atoms with Gasteiger partial charge >= 0.3 is 0 Å². The topological polar surface area (TPSA) is 21.8 Å². The summed E-state index contributed by atoms with van der Waals surface area (Å²) in [6.07, 6.45) is 0. The first-order valence-corrected chi connectivity index (χ1v) is 7.87. The Kier molecular flexibility index (Phi) is 7.91. The van der Waals surface area contributed by atoms with E-state index in [-0.39, 0.29) is 0 Å². The fourth-order valence-electron chi connectivity index (χ4n) is 2.31. The fourth-order valence-corrected chi connectivity index (χ4v) is 2.31. The first-order chi connectivity index (χ1) is 8.99. The van der Waals surface area contributed by atoms with Crippen LogP contribution >= 0.6 is 0 Å². The van der Waals surface area contributed by atoms with Gasteiger partial charge in [-0.15, -0.1) is 0 Å². The van der Waals surface area contributed by atoms with Crippen LogP contribution in [0.5, 0.6) is 0 Å². The predicted octanol–water partition coefficient (Wildman–Crippen LogP) is 0.942. The van der Waals surface area contributed by atoms with Crippen molar-refractivity contribution in [3.8, 4) is 0 Å². The van der Waals surface area contributed by atoms with Gasteiger partial charge in [0.05, 0.1) is 0 Å². The summed E-state index contributed by atoms with van der Waals surface area (Å²) in [5.41, 5.74) is 0. The van der Waals surface area contributed by atoms with Crippen molar-refractivity contribution in [2.24, 2.45) is 0 Å². The van der Waals surface area contributed by atoms with Crippen LogP contribution in [0.3, 0.4) is 0 Å². The minimum atomic E-state index is 0.604. The van der Waals surface area contributed by atoms with Gasteiger partial charge in [0.25, 0.3) is 0 Å². The zero-order chi connectivity index (χ0) is 14.3. The van der Waals surface area contributed by atoms with Crippen LogP contribution in [0.4, 0.5) is 0 Å². The number of rotatable bonds is 8. The lowest BCUT2D eigenvalue weighted by Crippen LogP contribution is -2.50. The molecular weight excluding hydrogens is 236 g/mol. The fraction of sp³-hybridized carbons (Fsp3) is 1.00. The molecule has 1 aliphatic heterocycles. The summed E-state index contributed by atoms with van der Waals surface area (Å²) < 4.78 is 0. The monoisotopic (exact) mass is 270 g/mol. The molecule has 114 valence electrons. The lowest BCUT2D eigenvalue weighted by molar-refractivity contribution is 0.118. The van der Waals surface area contributed by atoms with Crippen molar-refractivity contribution in [1.29, 1.82) is 0 Å². The van der Waals surface area contributed by atoms with Crippen molar-refractivity contribution in [1.82, 2.24) is 20.0 Å². The molecule has 0 spiro atoms. The number of piperazine rings is 1. The third-order valence-electron chi connectivity index (χ3n) is 4.10. The van der Waals surface area contributed by atoms with E-state index in [1.807, 2.05) is 0 Å². The van der Waals surface area contributed by atoms with Gasteiger partial charge in [0.1, 0.15) is 0 Å². The molecule has 0 saturated carbocycles. The number of nitrogens with one attached hydrogen (secondary N) is 1. The zero-order valence-corrected chi connectivity index (χ0v) is 13.7. The standard InChI is InChI=1S/C15H34N4/c1-14(2)16-6-7-18-10-12-19(13-11-18)9-8-17(5)15(3)4/h14-16H,6-13H2,1-5H3. The molecule has 1 aliphatic rings. The summed E-state index contributed by atoms with van der Waals surface area (Å²) in [6.45, 7) is 18.6. The molecule has 1 rings (SSSR count). The quantitative estimate of drug-likeness (QED) is 0.709. The second kappa shape index (κ2) is 8.90. The molecule has 0 bridgehead atoms. The van der Waals surface area contributed by atoms with Crippen LogP contribution in [0.25, 0.3) is 0 Å². The molecule has 1 N–H and O–H groups in total. The minimum absolute atomic E-state index is 0.604. The van der Waals surface area contributed by atoms with Gasteiger partial charge in [-0.3, -0.25) is 9.80 Å². The third kappa shape index (κ3) is 7.25. The Labute approximate surface area is 120 Å². The van der Waals surface area contributed by atoms with Crippen LogP contribution in [0.1, 0.15) is 27.7 Å². The molecule has 1 fully saturated rings. The largest absolute Gasteiger partial charge is 0.313 e. The van der Waals surface area contributed by atoms with Crippen molar-refractivity contribution >= 4 is 0 Å². The lowest BCUT2D eigenvalue weighted by atomic mass is 10.3. The number of likely N-dealkylation sites (N-methyl/N-ethyl adjacent to an activating group) is 1. The summed E-state index contributed by atoms with van der Waals surface area (Å²) in [5.74, 6) is 0. The molecule has 4 heteroatoms. The molecule has 0 aromatic rings. The summed E-state index contributed by atoms with van der Waals surface area (Å²) in [4.78, 5) is 7.61. The molecular formula is C15H34N4. The van der Waals surface area contributed by atoms with E-state index in [2.05, 4.69) is 54.8 Å². The maximum absolute atomic E-state index is 3.49. The smallest absolute Gasteiger partial charge is 0.0110 e. The Morgan fingerprint density at radius 3 is 1.95 bits per heavy atom. The molecule has 1 heterocycles. The van der Waals surface area contributed by atoms with E-state index >= 15 is 0 Å². The highest BCUT2D eigenvalue weighted by Gasteiger charge is 2.16. The van der Waals surface area contributed by atoms with Crippen molar-refractivity contribution in [2.45, 2.75) is 39.8 Å². The van der Waals surface area contributed by atoms with E-state index in [1.54, 1.807) is 0 Å². The average Bonchev–Trinajstić information content (AvgIpc) is 2.37. The van der Waals surface area contributed by atoms with Crippen LogP contribution in [0.15, 0.2) is 0 Å². The number of hydrogen-bond acceptors (Lipinski definition) is 4. The summed E-state index contributed by atoms with van der Waals surface area (Å²) in [5, 5.41) is 3.49. The van der Waals surface area contributed by atoms with E-state index < -0.39 is 0 Å². The Morgan fingerprint density at radius 1 is 0.947 bits per heavy atom. The molecule has 4 nitrogen and oxygen atoms in total. The van der Waals surface area contributed by atoms with Gasteiger partial charge in [-0.25, -0.2) is 0 Å². The van der Waals surface area contributed by atoms with E-state index in [1.165, 1.54) is 45.8 Å². The minimum Gasteiger partial charge on any atom is -0.313 e. The highest BCUT2D eigenvalue weighted by molar-refractivity contribution is 4.73. The van der Waals surface area contributed by atoms with E-state index in [9.17, 15) is 0 Å². The van der Waals surface area contributed by atoms with Crippen LogP contribution in [0.2, 0.25) is 0 Å². The van der Waals surface area contributed by atoms with Gasteiger partial charge in [0.15, 0.2) is 0 Å². The Morgan fingerprint density at radius 2 is 1.47 bits per heavy atom. The van der Waals surface area contributed by atoms with Gasteiger partial charge in [-0.1, -0.05) is 13.8 Å². The van der Waals surface area contributed by atoms with Crippen LogP contribution in [0, 0.1) is 0 Å². The molecule has 0 amide bonds. The predicted molar refractivity (Wildman–Crippen MR) is 83.8 cm³/mol. The normalized spacial score (nSPS) is 18.9. The Balaban J connectivity index is 2.08. The zero-order valence-electron chi connectivity index (χ0n) is 13.7. The van der Waals surface area contributed by atoms with E-state index in [4.69, 9.17) is 0 Å². The molecule has 0 aliphatic carbocycles. The van der Waals surface area contributed by atoms with Gasteiger partial charge in [-0.05, 0) is 20.9 Å². The number of hydrogen-bond donors (Lipinski definition) is 1. The number of nitrogens with zero attached hydrogens (tertiary/aromatic N) is 3. The van der Waals surface area contributed by atoms with E-state index in [0.717, 1.165) is 6.54 Å². The lowest BCUT2D eigenvalue weighted by Gasteiger charge is -2.36. The first-order valence-electron chi connectivity index (χ1n) is 7.87.